The van der Waals surface area contributed by atoms with Crippen molar-refractivity contribution in [3.63, 3.8) is 0 Å². The van der Waals surface area contributed by atoms with Crippen LogP contribution < -0.4 is 9.47 Å². The number of sulfonamides is 1. The molecule has 2 aliphatic heterocycles. The number of benzene rings is 2. The summed E-state index contributed by atoms with van der Waals surface area (Å²) in [5.74, 6) is -1.21. The molecule has 0 spiro atoms. The molecule has 0 amide bonds. The number of ketones is 1. The van der Waals surface area contributed by atoms with Crippen molar-refractivity contribution in [3.8, 4) is 11.5 Å². The minimum Gasteiger partial charge on any atom is -0.486 e. The third kappa shape index (κ3) is 3.97. The summed E-state index contributed by atoms with van der Waals surface area (Å²) in [6, 6.07) is 7.23. The predicted octanol–water partition coefficient (Wildman–Crippen LogP) is 3.02. The Bertz CT molecular complexity index is 1030. The zero-order chi connectivity index (χ0) is 20.6. The maximum atomic E-state index is 13.4. The predicted molar refractivity (Wildman–Crippen MR) is 99.6 cm³/mol. The smallest absolute Gasteiger partial charge is 0.243 e. The Morgan fingerprint density at radius 2 is 1.55 bits per heavy atom. The molecule has 0 N–H and O–H groups in total. The van der Waals surface area contributed by atoms with E-state index in [0.29, 0.717) is 49.2 Å². The van der Waals surface area contributed by atoms with E-state index < -0.39 is 26.6 Å². The largest absolute Gasteiger partial charge is 0.486 e. The second kappa shape index (κ2) is 7.72. The molecular weight excluding hydrogens is 404 g/mol. The standard InChI is InChI=1S/C20H19F2NO5S/c21-15-10-16(22)12-17(11-15)29(25,26)23-5-3-13(4-6-23)20(24)14-1-2-18-19(9-14)28-8-7-27-18/h1-2,9-13H,3-8H2. The molecule has 4 rings (SSSR count). The van der Waals surface area contributed by atoms with E-state index >= 15 is 0 Å². The van der Waals surface area contributed by atoms with Crippen molar-refractivity contribution < 1.29 is 31.5 Å². The molecule has 0 saturated carbocycles. The summed E-state index contributed by atoms with van der Waals surface area (Å²) >= 11 is 0. The zero-order valence-electron chi connectivity index (χ0n) is 15.4. The van der Waals surface area contributed by atoms with Gasteiger partial charge in [-0.3, -0.25) is 4.79 Å². The highest BCUT2D eigenvalue weighted by atomic mass is 32.2. The van der Waals surface area contributed by atoms with Crippen LogP contribution in [0.1, 0.15) is 23.2 Å². The van der Waals surface area contributed by atoms with Gasteiger partial charge in [0, 0.05) is 30.6 Å². The first-order valence-electron chi connectivity index (χ1n) is 9.25. The molecule has 1 fully saturated rings. The van der Waals surface area contributed by atoms with Crippen LogP contribution in [0, 0.1) is 17.6 Å². The van der Waals surface area contributed by atoms with E-state index in [4.69, 9.17) is 9.47 Å². The Kier molecular flexibility index (Phi) is 5.26. The molecule has 2 aromatic carbocycles. The van der Waals surface area contributed by atoms with Gasteiger partial charge < -0.3 is 9.47 Å². The molecule has 0 radical (unpaired) electrons. The zero-order valence-corrected chi connectivity index (χ0v) is 16.3. The van der Waals surface area contributed by atoms with Gasteiger partial charge in [0.2, 0.25) is 10.0 Å². The van der Waals surface area contributed by atoms with Crippen LogP contribution >= 0.6 is 0 Å². The fourth-order valence-corrected chi connectivity index (χ4v) is 5.13. The lowest BCUT2D eigenvalue weighted by Crippen LogP contribution is -2.40. The molecule has 0 unspecified atom stereocenters. The molecule has 1 saturated heterocycles. The second-order valence-electron chi connectivity index (χ2n) is 7.01. The van der Waals surface area contributed by atoms with Gasteiger partial charge in [0.05, 0.1) is 4.90 Å². The van der Waals surface area contributed by atoms with E-state index in [-0.39, 0.29) is 24.8 Å². The summed E-state index contributed by atoms with van der Waals surface area (Å²) < 4.78 is 64.3. The topological polar surface area (TPSA) is 72.9 Å². The summed E-state index contributed by atoms with van der Waals surface area (Å²) in [7, 11) is -4.03. The van der Waals surface area contributed by atoms with Crippen LogP contribution in [-0.2, 0) is 10.0 Å². The molecule has 2 aliphatic rings. The third-order valence-electron chi connectivity index (χ3n) is 5.13. The highest BCUT2D eigenvalue weighted by Crippen LogP contribution is 2.33. The quantitative estimate of drug-likeness (QED) is 0.707. The summed E-state index contributed by atoms with van der Waals surface area (Å²) in [5, 5.41) is 0. The lowest BCUT2D eigenvalue weighted by molar-refractivity contribution is 0.0874. The van der Waals surface area contributed by atoms with Gasteiger partial charge in [0.1, 0.15) is 24.8 Å². The first-order valence-corrected chi connectivity index (χ1v) is 10.7. The van der Waals surface area contributed by atoms with Gasteiger partial charge in [0.25, 0.3) is 0 Å². The van der Waals surface area contributed by atoms with E-state index in [9.17, 15) is 22.0 Å². The number of hydrogen-bond acceptors (Lipinski definition) is 5. The van der Waals surface area contributed by atoms with Crippen LogP contribution in [0.2, 0.25) is 0 Å². The molecule has 6 nitrogen and oxygen atoms in total. The Morgan fingerprint density at radius 1 is 0.931 bits per heavy atom. The average molecular weight is 423 g/mol. The third-order valence-corrected chi connectivity index (χ3v) is 7.00. The highest BCUT2D eigenvalue weighted by Gasteiger charge is 2.33. The van der Waals surface area contributed by atoms with Crippen molar-refractivity contribution in [1.82, 2.24) is 4.31 Å². The summed E-state index contributed by atoms with van der Waals surface area (Å²) in [4.78, 5) is 12.4. The van der Waals surface area contributed by atoms with E-state index in [1.807, 2.05) is 0 Å². The SMILES string of the molecule is O=C(c1ccc2c(c1)OCCO2)C1CCN(S(=O)(=O)c2cc(F)cc(F)c2)CC1. The first kappa shape index (κ1) is 19.8. The normalized spacial score (nSPS) is 17.9. The van der Waals surface area contributed by atoms with Crippen molar-refractivity contribution in [2.24, 2.45) is 5.92 Å². The number of ether oxygens (including phenoxy) is 2. The minimum absolute atomic E-state index is 0.0872. The Morgan fingerprint density at radius 3 is 2.21 bits per heavy atom. The maximum absolute atomic E-state index is 13.4. The van der Waals surface area contributed by atoms with Gasteiger partial charge in [-0.1, -0.05) is 0 Å². The molecule has 2 aromatic rings. The number of piperidine rings is 1. The van der Waals surface area contributed by atoms with Crippen molar-refractivity contribution in [1.29, 1.82) is 0 Å². The van der Waals surface area contributed by atoms with Gasteiger partial charge in [-0.15, -0.1) is 0 Å². The molecule has 9 heteroatoms. The molecule has 0 aliphatic carbocycles. The van der Waals surface area contributed by atoms with Crippen molar-refractivity contribution in [2.75, 3.05) is 26.3 Å². The van der Waals surface area contributed by atoms with Crippen molar-refractivity contribution >= 4 is 15.8 Å². The molecule has 0 aromatic heterocycles. The van der Waals surface area contributed by atoms with Gasteiger partial charge in [-0.05, 0) is 43.2 Å². The summed E-state index contributed by atoms with van der Waals surface area (Å²) in [6.07, 6.45) is 0.647. The lowest BCUT2D eigenvalue weighted by atomic mass is 9.89. The van der Waals surface area contributed by atoms with Crippen LogP contribution in [0.3, 0.4) is 0 Å². The minimum atomic E-state index is -4.03. The number of hydrogen-bond donors (Lipinski definition) is 0. The Hall–Kier alpha value is -2.52. The van der Waals surface area contributed by atoms with E-state index in [0.717, 1.165) is 16.4 Å². The van der Waals surface area contributed by atoms with Gasteiger partial charge in [-0.2, -0.15) is 4.31 Å². The second-order valence-corrected chi connectivity index (χ2v) is 8.94. The average Bonchev–Trinajstić information content (AvgIpc) is 2.72. The van der Waals surface area contributed by atoms with E-state index in [2.05, 4.69) is 0 Å². The van der Waals surface area contributed by atoms with E-state index in [1.54, 1.807) is 18.2 Å². The Balaban J connectivity index is 1.45. The van der Waals surface area contributed by atoms with Crippen LogP contribution in [0.15, 0.2) is 41.3 Å². The number of nitrogens with zero attached hydrogens (tertiary/aromatic N) is 1. The number of Topliss-reactive ketones (excluding diaryl/α,β-unsaturated/α-hetero) is 1. The van der Waals surface area contributed by atoms with Crippen LogP contribution in [0.4, 0.5) is 8.78 Å². The Labute approximate surface area is 167 Å². The van der Waals surface area contributed by atoms with E-state index in [1.165, 1.54) is 0 Å². The number of carbonyl (C=O) groups excluding carboxylic acids is 1. The molecule has 0 bridgehead atoms. The number of halogens is 2. The molecule has 29 heavy (non-hydrogen) atoms. The molecule has 154 valence electrons. The van der Waals surface area contributed by atoms with Crippen LogP contribution in [0.5, 0.6) is 11.5 Å². The highest BCUT2D eigenvalue weighted by molar-refractivity contribution is 7.89. The summed E-state index contributed by atoms with van der Waals surface area (Å²) in [6.45, 7) is 1.08. The monoisotopic (exact) mass is 423 g/mol. The fraction of sp³-hybridized carbons (Fsp3) is 0.350. The van der Waals surface area contributed by atoms with Crippen molar-refractivity contribution in [3.05, 3.63) is 53.6 Å². The van der Waals surface area contributed by atoms with Crippen molar-refractivity contribution in [2.45, 2.75) is 17.7 Å². The summed E-state index contributed by atoms with van der Waals surface area (Å²) in [5.41, 5.74) is 0.489. The lowest BCUT2D eigenvalue weighted by Gasteiger charge is -2.30. The number of carbonyl (C=O) groups is 1. The van der Waals surface area contributed by atoms with Crippen LogP contribution in [0.25, 0.3) is 0 Å². The fourth-order valence-electron chi connectivity index (χ4n) is 3.62. The van der Waals surface area contributed by atoms with Gasteiger partial charge >= 0.3 is 0 Å². The molecule has 2 heterocycles. The van der Waals surface area contributed by atoms with Crippen LogP contribution in [-0.4, -0.2) is 44.8 Å². The number of fused-ring (bicyclic) bond motifs is 1. The first-order chi connectivity index (χ1) is 13.8. The maximum Gasteiger partial charge on any atom is 0.243 e. The number of rotatable bonds is 4. The van der Waals surface area contributed by atoms with Gasteiger partial charge in [0.15, 0.2) is 17.3 Å². The van der Waals surface area contributed by atoms with Gasteiger partial charge in [-0.25, -0.2) is 17.2 Å². The molecule has 0 atom stereocenters. The molecular formula is C20H19F2NO5S.